The third-order valence-corrected chi connectivity index (χ3v) is 5.96. The Kier molecular flexibility index (Phi) is 4.61. The Hall–Kier alpha value is -2.80. The topological polar surface area (TPSA) is 60.8 Å². The lowest BCUT2D eigenvalue weighted by Gasteiger charge is -2.14. The maximum Gasteiger partial charge on any atom is 0.410 e. The van der Waals surface area contributed by atoms with Gasteiger partial charge < -0.3 is 18.9 Å². The van der Waals surface area contributed by atoms with Gasteiger partial charge in [-0.25, -0.2) is 4.79 Å². The summed E-state index contributed by atoms with van der Waals surface area (Å²) in [6.07, 6.45) is -0.252. The molecule has 1 aliphatic heterocycles. The number of ketones is 1. The van der Waals surface area contributed by atoms with Crippen LogP contribution in [0.15, 0.2) is 36.4 Å². The molecule has 3 heterocycles. The largest absolute Gasteiger partial charge is 0.497 e. The van der Waals surface area contributed by atoms with E-state index in [1.54, 1.807) is 36.3 Å². The lowest BCUT2D eigenvalue weighted by molar-refractivity contribution is 0.104. The fraction of sp³-hybridized carbons (Fsp3) is 0.300. The average Bonchev–Trinajstić information content (AvgIpc) is 3.34. The molecule has 0 bridgehead atoms. The molecular weight excluding hydrogens is 364 g/mol. The van der Waals surface area contributed by atoms with Gasteiger partial charge in [0, 0.05) is 29.7 Å². The third kappa shape index (κ3) is 3.30. The first-order chi connectivity index (χ1) is 13.1. The molecule has 6 nitrogen and oxygen atoms in total. The van der Waals surface area contributed by atoms with Gasteiger partial charge in [-0.1, -0.05) is 0 Å². The minimum atomic E-state index is -0.252. The fourth-order valence-corrected chi connectivity index (χ4v) is 4.48. The first-order valence-corrected chi connectivity index (χ1v) is 9.58. The number of ether oxygens (including phenoxy) is 2. The van der Waals surface area contributed by atoms with Crippen molar-refractivity contribution in [3.8, 4) is 5.75 Å². The van der Waals surface area contributed by atoms with Crippen molar-refractivity contribution in [3.63, 3.8) is 0 Å². The number of carbonyl (C=O) groups is 2. The molecule has 1 saturated heterocycles. The van der Waals surface area contributed by atoms with Crippen LogP contribution in [0.25, 0.3) is 10.2 Å². The third-order valence-electron chi connectivity index (χ3n) is 4.79. The number of fused-ring (bicyclic) bond motifs is 1. The Morgan fingerprint density at radius 1 is 1.22 bits per heavy atom. The number of thiophene rings is 1. The van der Waals surface area contributed by atoms with Gasteiger partial charge in [0.25, 0.3) is 0 Å². The van der Waals surface area contributed by atoms with Crippen LogP contribution < -0.4 is 4.74 Å². The van der Waals surface area contributed by atoms with Gasteiger partial charge in [-0.2, -0.15) is 0 Å². The van der Waals surface area contributed by atoms with Crippen LogP contribution in [-0.4, -0.2) is 48.1 Å². The van der Waals surface area contributed by atoms with Crippen LogP contribution in [0.1, 0.15) is 20.9 Å². The highest BCUT2D eigenvalue weighted by Crippen LogP contribution is 2.31. The van der Waals surface area contributed by atoms with E-state index in [4.69, 9.17) is 9.47 Å². The van der Waals surface area contributed by atoms with Crippen LogP contribution in [0, 0.1) is 6.92 Å². The second kappa shape index (κ2) is 7.08. The molecule has 1 aromatic carbocycles. The summed E-state index contributed by atoms with van der Waals surface area (Å²) in [7, 11) is 1.60. The number of hydrogen-bond donors (Lipinski definition) is 0. The van der Waals surface area contributed by atoms with Gasteiger partial charge in [0.15, 0.2) is 0 Å². The van der Waals surface area contributed by atoms with Crippen LogP contribution in [0.2, 0.25) is 0 Å². The molecule has 1 fully saturated rings. The number of nitrogens with zero attached hydrogens (tertiary/aromatic N) is 2. The van der Waals surface area contributed by atoms with Crippen LogP contribution in [-0.2, 0) is 11.3 Å². The number of amides is 1. The molecule has 3 aromatic rings. The molecule has 140 valence electrons. The van der Waals surface area contributed by atoms with Crippen molar-refractivity contribution in [3.05, 3.63) is 52.5 Å². The maximum absolute atomic E-state index is 12.8. The number of aryl methyl sites for hydroxylation is 1. The number of rotatable bonds is 6. The van der Waals surface area contributed by atoms with Crippen molar-refractivity contribution in [1.82, 2.24) is 9.47 Å². The van der Waals surface area contributed by atoms with E-state index in [0.717, 1.165) is 21.7 Å². The molecule has 4 rings (SSSR count). The summed E-state index contributed by atoms with van der Waals surface area (Å²) < 4.78 is 12.3. The number of cyclic esters (lactones) is 1. The summed E-state index contributed by atoms with van der Waals surface area (Å²) >= 11 is 1.49. The Bertz CT molecular complexity index is 1000. The van der Waals surface area contributed by atoms with Crippen LogP contribution >= 0.6 is 11.3 Å². The van der Waals surface area contributed by atoms with Crippen molar-refractivity contribution in [2.24, 2.45) is 0 Å². The fourth-order valence-electron chi connectivity index (χ4n) is 3.30. The molecule has 0 N–H and O–H groups in total. The van der Waals surface area contributed by atoms with E-state index in [1.807, 2.05) is 13.0 Å². The number of methoxy groups -OCH3 is 1. The molecule has 0 radical (unpaired) electrons. The Morgan fingerprint density at radius 2 is 2.00 bits per heavy atom. The summed E-state index contributed by atoms with van der Waals surface area (Å²) in [5, 5.41) is 1.05. The molecular formula is C20H20N2O4S. The second-order valence-electron chi connectivity index (χ2n) is 6.47. The zero-order chi connectivity index (χ0) is 19.0. The number of hydrogen-bond acceptors (Lipinski definition) is 5. The van der Waals surface area contributed by atoms with Crippen molar-refractivity contribution < 1.29 is 19.1 Å². The zero-order valence-electron chi connectivity index (χ0n) is 15.2. The summed E-state index contributed by atoms with van der Waals surface area (Å²) in [6.45, 7) is 4.41. The van der Waals surface area contributed by atoms with Crippen LogP contribution in [0.5, 0.6) is 5.75 Å². The SMILES string of the molecule is COc1ccc(C(=O)c2cc3cc(C)n(CCN4CCOC4=O)c3s2)cc1. The van der Waals surface area contributed by atoms with Crippen molar-refractivity contribution in [2.45, 2.75) is 13.5 Å². The number of benzene rings is 1. The van der Waals surface area contributed by atoms with Gasteiger partial charge in [0.05, 0.1) is 18.5 Å². The van der Waals surface area contributed by atoms with E-state index >= 15 is 0 Å². The maximum atomic E-state index is 12.8. The smallest absolute Gasteiger partial charge is 0.410 e. The van der Waals surface area contributed by atoms with Gasteiger partial charge in [-0.15, -0.1) is 11.3 Å². The van der Waals surface area contributed by atoms with Gasteiger partial charge in [-0.05, 0) is 43.3 Å². The summed E-state index contributed by atoms with van der Waals surface area (Å²) in [5.74, 6) is 0.733. The lowest BCUT2D eigenvalue weighted by atomic mass is 10.1. The molecule has 27 heavy (non-hydrogen) atoms. The van der Waals surface area contributed by atoms with E-state index in [9.17, 15) is 9.59 Å². The first kappa shape index (κ1) is 17.6. The molecule has 0 spiro atoms. The zero-order valence-corrected chi connectivity index (χ0v) is 16.0. The molecule has 0 atom stereocenters. The van der Waals surface area contributed by atoms with Crippen molar-refractivity contribution >= 4 is 33.4 Å². The van der Waals surface area contributed by atoms with Gasteiger partial charge in [0.1, 0.15) is 17.2 Å². The normalized spacial score (nSPS) is 14.0. The summed E-state index contributed by atoms with van der Waals surface area (Å²) in [5.41, 5.74) is 1.76. The van der Waals surface area contributed by atoms with Crippen molar-refractivity contribution in [2.75, 3.05) is 26.8 Å². The lowest BCUT2D eigenvalue weighted by Crippen LogP contribution is -2.28. The second-order valence-corrected chi connectivity index (χ2v) is 7.50. The van der Waals surface area contributed by atoms with Gasteiger partial charge in [0.2, 0.25) is 5.78 Å². The summed E-state index contributed by atoms with van der Waals surface area (Å²) in [6, 6.07) is 11.2. The Morgan fingerprint density at radius 3 is 2.67 bits per heavy atom. The number of aromatic nitrogens is 1. The molecule has 1 amide bonds. The quantitative estimate of drug-likeness (QED) is 0.608. The predicted molar refractivity (Wildman–Crippen MR) is 104 cm³/mol. The highest BCUT2D eigenvalue weighted by atomic mass is 32.1. The minimum absolute atomic E-state index is 0.00572. The predicted octanol–water partition coefficient (Wildman–Crippen LogP) is 3.70. The van der Waals surface area contributed by atoms with E-state index in [0.29, 0.717) is 36.7 Å². The molecule has 0 aliphatic carbocycles. The Balaban J connectivity index is 1.57. The van der Waals surface area contributed by atoms with Gasteiger partial charge in [-0.3, -0.25) is 4.79 Å². The highest BCUT2D eigenvalue weighted by Gasteiger charge is 2.22. The highest BCUT2D eigenvalue weighted by molar-refractivity contribution is 7.20. The van der Waals surface area contributed by atoms with E-state index < -0.39 is 0 Å². The van der Waals surface area contributed by atoms with Gasteiger partial charge >= 0.3 is 6.09 Å². The Labute approximate surface area is 160 Å². The molecule has 0 saturated carbocycles. The molecule has 7 heteroatoms. The molecule has 1 aliphatic rings. The van der Waals surface area contributed by atoms with Crippen LogP contribution in [0.3, 0.4) is 0 Å². The standard InChI is InChI=1S/C20H20N2O4S/c1-13-11-15-12-17(18(23)14-3-5-16(25-2)6-4-14)27-19(15)22(13)8-7-21-9-10-26-20(21)24/h3-6,11-12H,7-10H2,1-2H3. The van der Waals surface area contributed by atoms with E-state index in [-0.39, 0.29) is 11.9 Å². The molecule has 2 aromatic heterocycles. The van der Waals surface area contributed by atoms with Crippen molar-refractivity contribution in [1.29, 1.82) is 0 Å². The number of carbonyl (C=O) groups excluding carboxylic acids is 2. The monoisotopic (exact) mass is 384 g/mol. The minimum Gasteiger partial charge on any atom is -0.497 e. The molecule has 0 unspecified atom stereocenters. The van der Waals surface area contributed by atoms with Crippen LogP contribution in [0.4, 0.5) is 4.79 Å². The first-order valence-electron chi connectivity index (χ1n) is 8.77. The average molecular weight is 384 g/mol. The summed E-state index contributed by atoms with van der Waals surface area (Å²) in [4.78, 5) is 27.9. The van der Waals surface area contributed by atoms with E-state index in [1.165, 1.54) is 11.3 Å². The van der Waals surface area contributed by atoms with E-state index in [2.05, 4.69) is 10.6 Å².